The maximum absolute atomic E-state index is 10.6. The number of hydrogen-bond acceptors (Lipinski definition) is 3. The lowest BCUT2D eigenvalue weighted by Gasteiger charge is -2.02. The fourth-order valence-electron chi connectivity index (χ4n) is 1.43. The van der Waals surface area contributed by atoms with Gasteiger partial charge >= 0.3 is 5.97 Å². The molecule has 0 bridgehead atoms. The van der Waals surface area contributed by atoms with Crippen LogP contribution in [0.1, 0.15) is 0 Å². The smallest absolute Gasteiger partial charge is 0.323 e. The number of carbonyl (C=O) groups is 1. The number of nitrogens with zero attached hydrogens (tertiary/aromatic N) is 2. The van der Waals surface area contributed by atoms with Crippen LogP contribution in [0.4, 0.5) is 0 Å². The van der Waals surface area contributed by atoms with Gasteiger partial charge in [-0.3, -0.25) is 4.79 Å². The molecule has 0 aromatic carbocycles. The molecule has 86 valence electrons. The van der Waals surface area contributed by atoms with Crippen molar-refractivity contribution in [2.45, 2.75) is 6.54 Å². The maximum Gasteiger partial charge on any atom is 0.323 e. The SMILES string of the molecule is COc1ccc2ccn(CC(=O)O)c2n1.Cl. The monoisotopic (exact) mass is 242 g/mol. The summed E-state index contributed by atoms with van der Waals surface area (Å²) in [5.41, 5.74) is 0.622. The fourth-order valence-corrected chi connectivity index (χ4v) is 1.43. The van der Waals surface area contributed by atoms with E-state index in [0.29, 0.717) is 11.5 Å². The molecular weight excluding hydrogens is 232 g/mol. The van der Waals surface area contributed by atoms with Crippen molar-refractivity contribution in [3.05, 3.63) is 24.4 Å². The van der Waals surface area contributed by atoms with E-state index < -0.39 is 5.97 Å². The molecule has 0 aliphatic heterocycles. The van der Waals surface area contributed by atoms with E-state index in [4.69, 9.17) is 9.84 Å². The number of aliphatic carboxylic acids is 1. The van der Waals surface area contributed by atoms with Gasteiger partial charge in [0.05, 0.1) is 7.11 Å². The van der Waals surface area contributed by atoms with Crippen LogP contribution in [0, 0.1) is 0 Å². The van der Waals surface area contributed by atoms with Gasteiger partial charge in [0.2, 0.25) is 5.88 Å². The van der Waals surface area contributed by atoms with Crippen LogP contribution in [0.3, 0.4) is 0 Å². The van der Waals surface area contributed by atoms with Crippen LogP contribution in [0.2, 0.25) is 0 Å². The molecule has 0 saturated heterocycles. The minimum Gasteiger partial charge on any atom is -0.481 e. The lowest BCUT2D eigenvalue weighted by molar-refractivity contribution is -0.137. The third-order valence-corrected chi connectivity index (χ3v) is 2.10. The molecule has 0 aliphatic carbocycles. The molecule has 16 heavy (non-hydrogen) atoms. The lowest BCUT2D eigenvalue weighted by Crippen LogP contribution is -2.08. The molecule has 2 aromatic rings. The quantitative estimate of drug-likeness (QED) is 0.887. The summed E-state index contributed by atoms with van der Waals surface area (Å²) in [6.07, 6.45) is 1.70. The second-order valence-corrected chi connectivity index (χ2v) is 3.10. The van der Waals surface area contributed by atoms with Crippen molar-refractivity contribution in [2.75, 3.05) is 7.11 Å². The van der Waals surface area contributed by atoms with Gasteiger partial charge in [-0.05, 0) is 12.1 Å². The fraction of sp³-hybridized carbons (Fsp3) is 0.200. The molecule has 2 heterocycles. The molecule has 0 fully saturated rings. The Hall–Kier alpha value is -1.75. The lowest BCUT2D eigenvalue weighted by atomic mass is 10.3. The van der Waals surface area contributed by atoms with Gasteiger partial charge in [-0.15, -0.1) is 12.4 Å². The van der Waals surface area contributed by atoms with E-state index in [-0.39, 0.29) is 19.0 Å². The van der Waals surface area contributed by atoms with E-state index >= 15 is 0 Å². The number of ether oxygens (including phenoxy) is 1. The zero-order chi connectivity index (χ0) is 10.8. The number of rotatable bonds is 3. The van der Waals surface area contributed by atoms with Crippen LogP contribution in [0.25, 0.3) is 11.0 Å². The molecule has 0 atom stereocenters. The standard InChI is InChI=1S/C10H10N2O3.ClH/c1-15-8-3-2-7-4-5-12(6-9(13)14)10(7)11-8;/h2-5H,6H2,1H3,(H,13,14);1H. The predicted octanol–water partition coefficient (Wildman–Crippen LogP) is 1.55. The van der Waals surface area contributed by atoms with Crippen LogP contribution < -0.4 is 4.74 Å². The highest BCUT2D eigenvalue weighted by Crippen LogP contribution is 2.17. The zero-order valence-electron chi connectivity index (χ0n) is 8.58. The normalized spacial score (nSPS) is 9.81. The van der Waals surface area contributed by atoms with Crippen molar-refractivity contribution in [2.24, 2.45) is 0 Å². The van der Waals surface area contributed by atoms with E-state index in [1.165, 1.54) is 7.11 Å². The van der Waals surface area contributed by atoms with Crippen molar-refractivity contribution in [1.82, 2.24) is 9.55 Å². The topological polar surface area (TPSA) is 64.3 Å². The van der Waals surface area contributed by atoms with Crippen molar-refractivity contribution in [3.8, 4) is 5.88 Å². The first-order valence-electron chi connectivity index (χ1n) is 4.42. The van der Waals surface area contributed by atoms with Crippen LogP contribution in [0.15, 0.2) is 24.4 Å². The summed E-state index contributed by atoms with van der Waals surface area (Å²) in [6.45, 7) is -0.0936. The largest absolute Gasteiger partial charge is 0.481 e. The number of carboxylic acid groups (broad SMARTS) is 1. The van der Waals surface area contributed by atoms with Gasteiger partial charge < -0.3 is 14.4 Å². The molecule has 0 radical (unpaired) electrons. The molecule has 1 N–H and O–H groups in total. The van der Waals surface area contributed by atoms with Gasteiger partial charge in [-0.1, -0.05) is 0 Å². The summed E-state index contributed by atoms with van der Waals surface area (Å²) < 4.78 is 6.55. The Bertz CT molecular complexity index is 510. The summed E-state index contributed by atoms with van der Waals surface area (Å²) in [5.74, 6) is -0.412. The van der Waals surface area contributed by atoms with E-state index in [9.17, 15) is 4.79 Å². The van der Waals surface area contributed by atoms with Crippen molar-refractivity contribution >= 4 is 29.4 Å². The molecule has 0 saturated carbocycles. The van der Waals surface area contributed by atoms with E-state index in [0.717, 1.165) is 5.39 Å². The summed E-state index contributed by atoms with van der Waals surface area (Å²) in [5, 5.41) is 9.59. The van der Waals surface area contributed by atoms with Gasteiger partial charge in [-0.2, -0.15) is 4.98 Å². The molecule has 2 aromatic heterocycles. The number of pyridine rings is 1. The first-order chi connectivity index (χ1) is 7.20. The number of halogens is 1. The summed E-state index contributed by atoms with van der Waals surface area (Å²) >= 11 is 0. The second kappa shape index (κ2) is 4.85. The van der Waals surface area contributed by atoms with Crippen LogP contribution in [-0.2, 0) is 11.3 Å². The first-order valence-corrected chi connectivity index (χ1v) is 4.42. The summed E-state index contributed by atoms with van der Waals surface area (Å²) in [4.78, 5) is 14.8. The van der Waals surface area contributed by atoms with E-state index in [2.05, 4.69) is 4.98 Å². The third kappa shape index (κ3) is 2.25. The molecule has 0 spiro atoms. The van der Waals surface area contributed by atoms with E-state index in [1.807, 2.05) is 12.1 Å². The Labute approximate surface area is 98.1 Å². The first kappa shape index (κ1) is 12.3. The van der Waals surface area contributed by atoms with Crippen LogP contribution in [-0.4, -0.2) is 27.7 Å². The Morgan fingerprint density at radius 3 is 2.88 bits per heavy atom. The molecule has 5 nitrogen and oxygen atoms in total. The number of hydrogen-bond donors (Lipinski definition) is 1. The minimum atomic E-state index is -0.892. The van der Waals surface area contributed by atoms with Crippen molar-refractivity contribution in [1.29, 1.82) is 0 Å². The number of methoxy groups -OCH3 is 1. The van der Waals surface area contributed by atoms with Crippen molar-refractivity contribution < 1.29 is 14.6 Å². The maximum atomic E-state index is 10.6. The van der Waals surface area contributed by atoms with Gasteiger partial charge in [0, 0.05) is 17.6 Å². The predicted molar refractivity (Wildman–Crippen MR) is 61.2 cm³/mol. The highest BCUT2D eigenvalue weighted by Gasteiger charge is 2.06. The molecule has 0 aliphatic rings. The average Bonchev–Trinajstić information content (AvgIpc) is 2.60. The number of aromatic nitrogens is 2. The Balaban J connectivity index is 0.00000128. The van der Waals surface area contributed by atoms with Crippen molar-refractivity contribution in [3.63, 3.8) is 0 Å². The Morgan fingerprint density at radius 1 is 1.50 bits per heavy atom. The van der Waals surface area contributed by atoms with Gasteiger partial charge in [-0.25, -0.2) is 0 Å². The van der Waals surface area contributed by atoms with Crippen LogP contribution in [0.5, 0.6) is 5.88 Å². The van der Waals surface area contributed by atoms with Gasteiger partial charge in [0.15, 0.2) is 0 Å². The van der Waals surface area contributed by atoms with Gasteiger partial charge in [0.25, 0.3) is 0 Å². The average molecular weight is 243 g/mol. The van der Waals surface area contributed by atoms with Gasteiger partial charge in [0.1, 0.15) is 12.2 Å². The third-order valence-electron chi connectivity index (χ3n) is 2.10. The zero-order valence-corrected chi connectivity index (χ0v) is 9.40. The second-order valence-electron chi connectivity index (χ2n) is 3.10. The van der Waals surface area contributed by atoms with Crippen LogP contribution >= 0.6 is 12.4 Å². The molecular formula is C10H11ClN2O3. The molecule has 2 rings (SSSR count). The number of carboxylic acids is 1. The minimum absolute atomic E-state index is 0. The highest BCUT2D eigenvalue weighted by atomic mass is 35.5. The molecule has 0 amide bonds. The highest BCUT2D eigenvalue weighted by molar-refractivity contribution is 5.85. The van der Waals surface area contributed by atoms with E-state index in [1.54, 1.807) is 16.8 Å². The Morgan fingerprint density at radius 2 is 2.25 bits per heavy atom. The molecule has 0 unspecified atom stereocenters. The Kier molecular flexibility index (Phi) is 3.73. The molecule has 6 heteroatoms. The summed E-state index contributed by atoms with van der Waals surface area (Å²) in [6, 6.07) is 5.41. The number of fused-ring (bicyclic) bond motifs is 1. The summed E-state index contributed by atoms with van der Waals surface area (Å²) in [7, 11) is 1.53.